The number of alkyl halides is 2. The second-order valence-corrected chi connectivity index (χ2v) is 7.80. The van der Waals surface area contributed by atoms with Crippen LogP contribution < -0.4 is 0 Å². The van der Waals surface area contributed by atoms with Gasteiger partial charge in [-0.05, 0) is 31.0 Å². The maximum Gasteiger partial charge on any atom is 0.312 e. The first kappa shape index (κ1) is 18.2. The molecule has 1 saturated carbocycles. The van der Waals surface area contributed by atoms with Crippen molar-refractivity contribution in [2.24, 2.45) is 0 Å². The van der Waals surface area contributed by atoms with Gasteiger partial charge in [0.1, 0.15) is 6.04 Å². The first-order valence-corrected chi connectivity index (χ1v) is 10.0. The Labute approximate surface area is 174 Å². The lowest BCUT2D eigenvalue weighted by molar-refractivity contribution is 0.0644. The summed E-state index contributed by atoms with van der Waals surface area (Å²) in [5.41, 5.74) is 2.11. The summed E-state index contributed by atoms with van der Waals surface area (Å²) in [6.07, 6.45) is 3.04. The molecule has 31 heavy (non-hydrogen) atoms. The maximum absolute atomic E-state index is 13.5. The lowest BCUT2D eigenvalue weighted by Crippen LogP contribution is -2.41. The van der Waals surface area contributed by atoms with E-state index in [1.807, 2.05) is 0 Å². The van der Waals surface area contributed by atoms with Crippen LogP contribution in [0.3, 0.4) is 0 Å². The van der Waals surface area contributed by atoms with Gasteiger partial charge in [0, 0.05) is 36.3 Å². The first-order chi connectivity index (χ1) is 15.1. The lowest BCUT2D eigenvalue weighted by atomic mass is 9.99. The summed E-state index contributed by atoms with van der Waals surface area (Å²) in [5, 5.41) is 12.4. The minimum atomic E-state index is -2.64. The largest absolute Gasteiger partial charge is 0.417 e. The van der Waals surface area contributed by atoms with Crippen molar-refractivity contribution in [2.75, 3.05) is 6.54 Å². The third kappa shape index (κ3) is 2.91. The molecule has 5 heterocycles. The molecule has 1 amide bonds. The van der Waals surface area contributed by atoms with Gasteiger partial charge in [-0.15, -0.1) is 10.2 Å². The zero-order valence-electron chi connectivity index (χ0n) is 16.2. The SMILES string of the molecule is O=C(c1nnc(C2CC2)o1)N1CCc2[nH]cnc2C1c1cc2c(C(F)F)cccn2n1. The van der Waals surface area contributed by atoms with E-state index in [2.05, 4.69) is 25.3 Å². The van der Waals surface area contributed by atoms with Crippen LogP contribution in [-0.4, -0.2) is 47.1 Å². The smallest absolute Gasteiger partial charge is 0.312 e. The third-order valence-corrected chi connectivity index (χ3v) is 5.80. The number of H-pyrrole nitrogens is 1. The average Bonchev–Trinajstić information content (AvgIpc) is 3.19. The molecule has 6 rings (SSSR count). The molecule has 1 fully saturated rings. The van der Waals surface area contributed by atoms with Gasteiger partial charge in [-0.2, -0.15) is 5.10 Å². The predicted molar refractivity (Wildman–Crippen MR) is 102 cm³/mol. The number of carbonyl (C=O) groups is 1. The number of hydrogen-bond donors (Lipinski definition) is 1. The van der Waals surface area contributed by atoms with Crippen LogP contribution >= 0.6 is 0 Å². The molecule has 1 aliphatic carbocycles. The van der Waals surface area contributed by atoms with E-state index in [0.29, 0.717) is 30.2 Å². The maximum atomic E-state index is 13.5. The highest BCUT2D eigenvalue weighted by molar-refractivity contribution is 5.90. The fourth-order valence-electron chi connectivity index (χ4n) is 4.11. The van der Waals surface area contributed by atoms with Crippen molar-refractivity contribution in [1.82, 2.24) is 34.7 Å². The Kier molecular flexibility index (Phi) is 3.92. The number of nitrogens with one attached hydrogen (secondary N) is 1. The molecule has 0 radical (unpaired) electrons. The quantitative estimate of drug-likeness (QED) is 0.539. The summed E-state index contributed by atoms with van der Waals surface area (Å²) >= 11 is 0. The number of nitrogens with zero attached hydrogens (tertiary/aromatic N) is 6. The van der Waals surface area contributed by atoms with Crippen LogP contribution in [0.2, 0.25) is 0 Å². The molecule has 1 unspecified atom stereocenters. The summed E-state index contributed by atoms with van der Waals surface area (Å²) in [6, 6.07) is 3.81. The van der Waals surface area contributed by atoms with E-state index in [9.17, 15) is 13.6 Å². The summed E-state index contributed by atoms with van der Waals surface area (Å²) in [6.45, 7) is 0.370. The van der Waals surface area contributed by atoms with Crippen molar-refractivity contribution in [3.05, 3.63) is 65.1 Å². The van der Waals surface area contributed by atoms with Crippen LogP contribution in [0, 0.1) is 0 Å². The molecule has 0 spiro atoms. The summed E-state index contributed by atoms with van der Waals surface area (Å²) in [4.78, 5) is 22.4. The number of hydrogen-bond acceptors (Lipinski definition) is 6. The number of rotatable bonds is 4. The van der Waals surface area contributed by atoms with E-state index < -0.39 is 18.4 Å². The van der Waals surface area contributed by atoms with Crippen molar-refractivity contribution in [2.45, 2.75) is 37.6 Å². The Morgan fingerprint density at radius 2 is 2.16 bits per heavy atom. The number of fused-ring (bicyclic) bond motifs is 2. The van der Waals surface area contributed by atoms with Crippen molar-refractivity contribution >= 4 is 11.4 Å². The molecule has 0 aromatic carbocycles. The minimum absolute atomic E-state index is 0.0806. The molecule has 1 atom stereocenters. The highest BCUT2D eigenvalue weighted by Gasteiger charge is 2.39. The van der Waals surface area contributed by atoms with E-state index >= 15 is 0 Å². The zero-order chi connectivity index (χ0) is 21.1. The van der Waals surface area contributed by atoms with Gasteiger partial charge in [-0.1, -0.05) is 0 Å². The van der Waals surface area contributed by atoms with Gasteiger partial charge in [0.15, 0.2) is 0 Å². The fraction of sp³-hybridized carbons (Fsp3) is 0.350. The number of amides is 1. The van der Waals surface area contributed by atoms with Crippen LogP contribution in [0.25, 0.3) is 5.52 Å². The Morgan fingerprint density at radius 3 is 2.97 bits per heavy atom. The molecule has 1 N–H and O–H groups in total. The van der Waals surface area contributed by atoms with E-state index in [1.165, 1.54) is 16.6 Å². The van der Waals surface area contributed by atoms with Crippen molar-refractivity contribution in [1.29, 1.82) is 0 Å². The van der Waals surface area contributed by atoms with Crippen molar-refractivity contribution in [3.63, 3.8) is 0 Å². The molecule has 1 aliphatic heterocycles. The van der Waals surface area contributed by atoms with Gasteiger partial charge >= 0.3 is 11.8 Å². The van der Waals surface area contributed by atoms with Crippen molar-refractivity contribution < 1.29 is 18.0 Å². The monoisotopic (exact) mass is 425 g/mol. The van der Waals surface area contributed by atoms with Crippen LogP contribution in [0.1, 0.15) is 70.4 Å². The lowest BCUT2D eigenvalue weighted by Gasteiger charge is -2.32. The molecular weight excluding hydrogens is 408 g/mol. The molecule has 9 nitrogen and oxygen atoms in total. The molecule has 0 saturated heterocycles. The summed E-state index contributed by atoms with van der Waals surface area (Å²) in [5.74, 6) is 0.203. The number of carbonyl (C=O) groups excluding carboxylic acids is 1. The van der Waals surface area contributed by atoms with Crippen LogP contribution in [0.15, 0.2) is 35.1 Å². The topological polar surface area (TPSA) is 105 Å². The number of imidazole rings is 1. The van der Waals surface area contributed by atoms with Gasteiger partial charge < -0.3 is 14.3 Å². The Bertz CT molecular complexity index is 1290. The van der Waals surface area contributed by atoms with E-state index in [-0.39, 0.29) is 22.9 Å². The molecule has 2 aliphatic rings. The second-order valence-electron chi connectivity index (χ2n) is 7.80. The fourth-order valence-corrected chi connectivity index (χ4v) is 4.11. The predicted octanol–water partition coefficient (Wildman–Crippen LogP) is 3.04. The van der Waals surface area contributed by atoms with E-state index in [4.69, 9.17) is 4.42 Å². The Morgan fingerprint density at radius 1 is 1.29 bits per heavy atom. The van der Waals surface area contributed by atoms with Crippen LogP contribution in [-0.2, 0) is 6.42 Å². The molecule has 158 valence electrons. The number of halogens is 2. The molecule has 4 aromatic rings. The number of aromatic nitrogens is 6. The van der Waals surface area contributed by atoms with Gasteiger partial charge in [0.25, 0.3) is 6.43 Å². The average molecular weight is 425 g/mol. The van der Waals surface area contributed by atoms with Gasteiger partial charge in [-0.3, -0.25) is 4.79 Å². The summed E-state index contributed by atoms with van der Waals surface area (Å²) < 4.78 is 34.0. The van der Waals surface area contributed by atoms with Crippen molar-refractivity contribution in [3.8, 4) is 0 Å². The van der Waals surface area contributed by atoms with Crippen LogP contribution in [0.4, 0.5) is 8.78 Å². The van der Waals surface area contributed by atoms with Crippen LogP contribution in [0.5, 0.6) is 0 Å². The molecular formula is C20H17F2N7O2. The van der Waals surface area contributed by atoms with E-state index in [0.717, 1.165) is 18.5 Å². The van der Waals surface area contributed by atoms with E-state index in [1.54, 1.807) is 23.5 Å². The number of pyridine rings is 1. The minimum Gasteiger partial charge on any atom is -0.417 e. The molecule has 0 bridgehead atoms. The second kappa shape index (κ2) is 6.69. The molecule has 4 aromatic heterocycles. The first-order valence-electron chi connectivity index (χ1n) is 10.0. The highest BCUT2D eigenvalue weighted by atomic mass is 19.3. The Hall–Kier alpha value is -3.63. The van der Waals surface area contributed by atoms with Gasteiger partial charge in [-0.25, -0.2) is 18.3 Å². The summed E-state index contributed by atoms with van der Waals surface area (Å²) in [7, 11) is 0. The van der Waals surface area contributed by atoms with Gasteiger partial charge in [0.2, 0.25) is 5.89 Å². The Balaban J connectivity index is 1.44. The third-order valence-electron chi connectivity index (χ3n) is 5.80. The normalized spacial score (nSPS) is 18.7. The number of aromatic amines is 1. The standard InChI is InChI=1S/C20H17F2N7O2/c21-17(22)11-2-1-6-29-14(11)8-13(27-29)16-15-12(23-9-24-15)5-7-28(16)20(30)19-26-25-18(31-19)10-3-4-10/h1-2,6,8-10,16-17H,3-5,7H2,(H,23,24). The zero-order valence-corrected chi connectivity index (χ0v) is 16.2. The van der Waals surface area contributed by atoms with Gasteiger partial charge in [0.05, 0.1) is 23.2 Å². The molecule has 11 heteroatoms. The highest BCUT2D eigenvalue weighted by Crippen LogP contribution is 2.40.